The Labute approximate surface area is 84.0 Å². The molecule has 12 heavy (non-hydrogen) atoms. The van der Waals surface area contributed by atoms with Gasteiger partial charge >= 0.3 is 0 Å². The van der Waals surface area contributed by atoms with E-state index in [0.29, 0.717) is 5.75 Å². The van der Waals surface area contributed by atoms with Crippen LogP contribution in [0.3, 0.4) is 0 Å². The predicted molar refractivity (Wildman–Crippen MR) is 54.1 cm³/mol. The number of aliphatic hydroxyl groups excluding tert-OH is 1. The topological polar surface area (TPSA) is 46.0 Å². The summed E-state index contributed by atoms with van der Waals surface area (Å²) >= 11 is 4.71. The Morgan fingerprint density at radius 2 is 2.17 bits per heavy atom. The molecule has 1 rings (SSSR count). The van der Waals surface area contributed by atoms with Crippen LogP contribution in [-0.2, 0) is 0 Å². The fraction of sp³-hybridized carbons (Fsp3) is 0.667. The number of aromatic nitrogens is 2. The number of hydrogen-bond acceptors (Lipinski definition) is 6. The number of aliphatic hydroxyl groups is 1. The van der Waals surface area contributed by atoms with Crippen LogP contribution >= 0.6 is 34.9 Å². The minimum atomic E-state index is -0.281. The first-order chi connectivity index (χ1) is 5.72. The molecule has 0 saturated heterocycles. The van der Waals surface area contributed by atoms with Gasteiger partial charge in [0.05, 0.1) is 6.10 Å². The van der Waals surface area contributed by atoms with Crippen LogP contribution in [0.1, 0.15) is 6.92 Å². The molecule has 0 aliphatic heterocycles. The minimum Gasteiger partial charge on any atom is -0.393 e. The van der Waals surface area contributed by atoms with Crippen molar-refractivity contribution in [1.29, 1.82) is 0 Å². The SMILES string of the molecule is CSc1nnc(SC[C@@H](C)O)s1. The molecule has 0 aromatic carbocycles. The van der Waals surface area contributed by atoms with Crippen molar-refractivity contribution in [3.8, 4) is 0 Å². The van der Waals surface area contributed by atoms with Gasteiger partial charge in [-0.15, -0.1) is 10.2 Å². The van der Waals surface area contributed by atoms with E-state index in [0.717, 1.165) is 8.68 Å². The Bertz CT molecular complexity index is 238. The highest BCUT2D eigenvalue weighted by Gasteiger charge is 2.04. The van der Waals surface area contributed by atoms with Gasteiger partial charge in [0.15, 0.2) is 8.68 Å². The van der Waals surface area contributed by atoms with E-state index in [1.54, 1.807) is 41.8 Å². The smallest absolute Gasteiger partial charge is 0.175 e. The Morgan fingerprint density at radius 3 is 2.67 bits per heavy atom. The maximum Gasteiger partial charge on any atom is 0.175 e. The van der Waals surface area contributed by atoms with E-state index in [-0.39, 0.29) is 6.10 Å². The summed E-state index contributed by atoms with van der Waals surface area (Å²) < 4.78 is 1.91. The fourth-order valence-corrected chi connectivity index (χ4v) is 2.85. The Morgan fingerprint density at radius 1 is 1.50 bits per heavy atom. The summed E-state index contributed by atoms with van der Waals surface area (Å²) in [5, 5.41) is 16.9. The van der Waals surface area contributed by atoms with Crippen LogP contribution in [0.15, 0.2) is 8.68 Å². The number of thioether (sulfide) groups is 2. The molecular weight excluding hydrogens is 212 g/mol. The van der Waals surface area contributed by atoms with E-state index in [1.807, 2.05) is 6.26 Å². The van der Waals surface area contributed by atoms with Crippen molar-refractivity contribution in [2.24, 2.45) is 0 Å². The van der Waals surface area contributed by atoms with Gasteiger partial charge in [0.25, 0.3) is 0 Å². The molecule has 0 aliphatic carbocycles. The monoisotopic (exact) mass is 222 g/mol. The van der Waals surface area contributed by atoms with E-state index in [1.165, 1.54) is 0 Å². The lowest BCUT2D eigenvalue weighted by molar-refractivity contribution is 0.220. The van der Waals surface area contributed by atoms with Gasteiger partial charge in [-0.05, 0) is 13.2 Å². The Balaban J connectivity index is 2.41. The third-order valence-electron chi connectivity index (χ3n) is 1.01. The van der Waals surface area contributed by atoms with Crippen LogP contribution in [0.25, 0.3) is 0 Å². The van der Waals surface area contributed by atoms with Gasteiger partial charge in [0.1, 0.15) is 0 Å². The standard InChI is InChI=1S/C6H10N2OS3/c1-4(9)3-11-6-8-7-5(10-2)12-6/h4,9H,3H2,1-2H3/t4-/m1/s1. The van der Waals surface area contributed by atoms with Gasteiger partial charge in [-0.1, -0.05) is 34.9 Å². The second kappa shape index (κ2) is 5.06. The third-order valence-corrected chi connectivity index (χ3v) is 4.29. The lowest BCUT2D eigenvalue weighted by Gasteiger charge is -1.98. The summed E-state index contributed by atoms with van der Waals surface area (Å²) in [6.45, 7) is 1.77. The molecule has 0 amide bonds. The number of rotatable bonds is 4. The molecule has 0 spiro atoms. The molecule has 0 bridgehead atoms. The molecule has 0 unspecified atom stereocenters. The predicted octanol–water partition coefficient (Wildman–Crippen LogP) is 1.73. The second-order valence-corrected chi connectivity index (χ2v) is 5.50. The largest absolute Gasteiger partial charge is 0.393 e. The van der Waals surface area contributed by atoms with E-state index >= 15 is 0 Å². The molecule has 0 fully saturated rings. The zero-order valence-corrected chi connectivity index (χ0v) is 9.30. The van der Waals surface area contributed by atoms with Crippen LogP contribution < -0.4 is 0 Å². The first kappa shape index (κ1) is 10.3. The average Bonchev–Trinajstić information content (AvgIpc) is 2.48. The van der Waals surface area contributed by atoms with Crippen molar-refractivity contribution >= 4 is 34.9 Å². The Kier molecular flexibility index (Phi) is 4.34. The molecule has 1 aromatic heterocycles. The maximum atomic E-state index is 9.01. The number of nitrogens with zero attached hydrogens (tertiary/aromatic N) is 2. The highest BCUT2D eigenvalue weighted by Crippen LogP contribution is 2.27. The van der Waals surface area contributed by atoms with Gasteiger partial charge in [-0.3, -0.25) is 0 Å². The van der Waals surface area contributed by atoms with Crippen molar-refractivity contribution in [2.75, 3.05) is 12.0 Å². The van der Waals surface area contributed by atoms with Crippen LogP contribution in [0.5, 0.6) is 0 Å². The first-order valence-electron chi connectivity index (χ1n) is 3.40. The zero-order chi connectivity index (χ0) is 8.97. The van der Waals surface area contributed by atoms with Crippen molar-refractivity contribution in [1.82, 2.24) is 10.2 Å². The Hall–Kier alpha value is 0.220. The molecule has 6 heteroatoms. The molecule has 1 heterocycles. The third kappa shape index (κ3) is 3.30. The summed E-state index contributed by atoms with van der Waals surface area (Å²) in [6.07, 6.45) is 1.69. The quantitative estimate of drug-likeness (QED) is 0.786. The number of hydrogen-bond donors (Lipinski definition) is 1. The van der Waals surface area contributed by atoms with Gasteiger partial charge in [-0.25, -0.2) is 0 Å². The lowest BCUT2D eigenvalue weighted by atomic mass is 10.5. The normalized spacial score (nSPS) is 13.2. The molecule has 1 atom stereocenters. The summed E-state index contributed by atoms with van der Waals surface area (Å²) in [7, 11) is 0. The van der Waals surface area contributed by atoms with E-state index in [2.05, 4.69) is 10.2 Å². The second-order valence-electron chi connectivity index (χ2n) is 2.20. The summed E-state index contributed by atoms with van der Waals surface area (Å²) in [4.78, 5) is 0. The van der Waals surface area contributed by atoms with Gasteiger partial charge in [0, 0.05) is 5.75 Å². The van der Waals surface area contributed by atoms with Gasteiger partial charge in [-0.2, -0.15) is 0 Å². The van der Waals surface area contributed by atoms with Crippen molar-refractivity contribution in [3.63, 3.8) is 0 Å². The van der Waals surface area contributed by atoms with Gasteiger partial charge in [0.2, 0.25) is 0 Å². The van der Waals surface area contributed by atoms with Gasteiger partial charge < -0.3 is 5.11 Å². The van der Waals surface area contributed by atoms with Crippen LogP contribution in [0, 0.1) is 0 Å². The highest BCUT2D eigenvalue weighted by atomic mass is 32.2. The van der Waals surface area contributed by atoms with E-state index < -0.39 is 0 Å². The minimum absolute atomic E-state index is 0.281. The average molecular weight is 222 g/mol. The van der Waals surface area contributed by atoms with Crippen LogP contribution in [-0.4, -0.2) is 33.4 Å². The van der Waals surface area contributed by atoms with Crippen LogP contribution in [0.2, 0.25) is 0 Å². The molecule has 1 aromatic rings. The maximum absolute atomic E-state index is 9.01. The van der Waals surface area contributed by atoms with Crippen molar-refractivity contribution in [3.05, 3.63) is 0 Å². The van der Waals surface area contributed by atoms with Crippen molar-refractivity contribution in [2.45, 2.75) is 21.7 Å². The summed E-state index contributed by atoms with van der Waals surface area (Å²) in [5.74, 6) is 0.684. The van der Waals surface area contributed by atoms with E-state index in [9.17, 15) is 0 Å². The van der Waals surface area contributed by atoms with Crippen molar-refractivity contribution < 1.29 is 5.11 Å². The molecular formula is C6H10N2OS3. The summed E-state index contributed by atoms with van der Waals surface area (Å²) in [6, 6.07) is 0. The highest BCUT2D eigenvalue weighted by molar-refractivity contribution is 8.02. The first-order valence-corrected chi connectivity index (χ1v) is 6.43. The molecule has 0 radical (unpaired) electrons. The lowest BCUT2D eigenvalue weighted by Crippen LogP contribution is -2.01. The summed E-state index contributed by atoms with van der Waals surface area (Å²) in [5.41, 5.74) is 0. The van der Waals surface area contributed by atoms with E-state index in [4.69, 9.17) is 5.11 Å². The molecule has 68 valence electrons. The molecule has 0 saturated carbocycles. The molecule has 3 nitrogen and oxygen atoms in total. The fourth-order valence-electron chi connectivity index (χ4n) is 0.530. The molecule has 0 aliphatic rings. The van der Waals surface area contributed by atoms with Crippen LogP contribution in [0.4, 0.5) is 0 Å². The molecule has 1 N–H and O–H groups in total. The zero-order valence-electron chi connectivity index (χ0n) is 6.85.